The highest BCUT2D eigenvalue weighted by molar-refractivity contribution is 7.44. The molecule has 0 aliphatic carbocycles. The lowest BCUT2D eigenvalue weighted by Gasteiger charge is -2.28. The van der Waals surface area contributed by atoms with E-state index in [0.717, 1.165) is 39.3 Å². The van der Waals surface area contributed by atoms with Crippen molar-refractivity contribution in [1.82, 2.24) is 9.99 Å². The van der Waals surface area contributed by atoms with Gasteiger partial charge in [0, 0.05) is 25.7 Å². The van der Waals surface area contributed by atoms with Crippen LogP contribution in [0.3, 0.4) is 0 Å². The fraction of sp³-hybridized carbons (Fsp3) is 0.538. The van der Waals surface area contributed by atoms with Gasteiger partial charge in [-0.05, 0) is 12.0 Å². The van der Waals surface area contributed by atoms with Gasteiger partial charge in [0.15, 0.2) is 0 Å². The second kappa shape index (κ2) is 6.09. The Balaban J connectivity index is 1.65. The van der Waals surface area contributed by atoms with Gasteiger partial charge in [0.1, 0.15) is 0 Å². The number of rotatable bonds is 2. The van der Waals surface area contributed by atoms with Gasteiger partial charge in [0.05, 0.1) is 13.2 Å². The lowest BCUT2D eigenvalue weighted by Crippen LogP contribution is -2.38. The Morgan fingerprint density at radius 2 is 2.11 bits per heavy atom. The predicted octanol–water partition coefficient (Wildman–Crippen LogP) is 1.78. The van der Waals surface area contributed by atoms with Crippen molar-refractivity contribution >= 4 is 8.53 Å². The van der Waals surface area contributed by atoms with E-state index in [1.807, 2.05) is 0 Å². The maximum atomic E-state index is 5.82. The van der Waals surface area contributed by atoms with Crippen molar-refractivity contribution in [1.29, 1.82) is 0 Å². The Morgan fingerprint density at radius 3 is 3.00 bits per heavy atom. The third-order valence-electron chi connectivity index (χ3n) is 3.32. The summed E-state index contributed by atoms with van der Waals surface area (Å²) in [6, 6.07) is 11.1. The second-order valence-electron chi connectivity index (χ2n) is 4.62. The lowest BCUT2D eigenvalue weighted by atomic mass is 10.1. The predicted molar refractivity (Wildman–Crippen MR) is 72.3 cm³/mol. The molecule has 2 atom stereocenters. The summed E-state index contributed by atoms with van der Waals surface area (Å²) in [6.45, 7) is 4.51. The molecular weight excluding hydrogens is 247 g/mol. The highest BCUT2D eigenvalue weighted by Crippen LogP contribution is 2.49. The van der Waals surface area contributed by atoms with Crippen LogP contribution in [0.25, 0.3) is 0 Å². The number of nitrogens with one attached hydrogen (secondary N) is 1. The molecule has 1 aromatic rings. The van der Waals surface area contributed by atoms with E-state index in [2.05, 4.69) is 40.3 Å². The first-order chi connectivity index (χ1) is 8.93. The van der Waals surface area contributed by atoms with Crippen LogP contribution in [0.15, 0.2) is 30.3 Å². The van der Waals surface area contributed by atoms with Crippen LogP contribution in [0.2, 0.25) is 0 Å². The van der Waals surface area contributed by atoms with Crippen molar-refractivity contribution in [2.45, 2.75) is 12.5 Å². The van der Waals surface area contributed by atoms with Crippen LogP contribution in [-0.2, 0) is 15.5 Å². The average molecular weight is 266 g/mol. The normalized spacial score (nSPS) is 29.6. The van der Waals surface area contributed by atoms with Crippen molar-refractivity contribution in [3.8, 4) is 0 Å². The van der Waals surface area contributed by atoms with E-state index in [4.69, 9.17) is 9.05 Å². The maximum Gasteiger partial charge on any atom is 0.259 e. The molecular formula is C13H19N2O2P. The molecule has 1 unspecified atom stereocenters. The first-order valence-corrected chi connectivity index (χ1v) is 7.64. The van der Waals surface area contributed by atoms with Crippen LogP contribution >= 0.6 is 8.53 Å². The minimum absolute atomic E-state index is 0.457. The van der Waals surface area contributed by atoms with Crippen molar-refractivity contribution in [3.63, 3.8) is 0 Å². The molecule has 0 radical (unpaired) electrons. The molecule has 2 aliphatic heterocycles. The minimum atomic E-state index is -0.805. The van der Waals surface area contributed by atoms with Gasteiger partial charge in [-0.15, -0.1) is 0 Å². The van der Waals surface area contributed by atoms with Crippen LogP contribution in [0.1, 0.15) is 5.56 Å². The van der Waals surface area contributed by atoms with Gasteiger partial charge in [0.2, 0.25) is 0 Å². The van der Waals surface area contributed by atoms with E-state index in [1.54, 1.807) is 0 Å². The largest absolute Gasteiger partial charge is 0.321 e. The summed E-state index contributed by atoms with van der Waals surface area (Å²) in [7, 11) is -0.805. The van der Waals surface area contributed by atoms with E-state index in [-0.39, 0.29) is 0 Å². The zero-order valence-corrected chi connectivity index (χ0v) is 11.3. The SMILES string of the molecule is c1ccc(C[C@H]2COP3OCCNCCN23)cc1. The molecule has 2 aliphatic rings. The minimum Gasteiger partial charge on any atom is -0.321 e. The Bertz CT molecular complexity index is 377. The summed E-state index contributed by atoms with van der Waals surface area (Å²) < 4.78 is 14.0. The summed E-state index contributed by atoms with van der Waals surface area (Å²) in [4.78, 5) is 0. The smallest absolute Gasteiger partial charge is 0.259 e. The summed E-state index contributed by atoms with van der Waals surface area (Å²) >= 11 is 0. The van der Waals surface area contributed by atoms with Crippen LogP contribution in [-0.4, -0.2) is 43.6 Å². The first-order valence-electron chi connectivity index (χ1n) is 6.50. The van der Waals surface area contributed by atoms with Gasteiger partial charge in [-0.25, -0.2) is 4.67 Å². The topological polar surface area (TPSA) is 33.7 Å². The molecule has 0 bridgehead atoms. The molecule has 98 valence electrons. The van der Waals surface area contributed by atoms with Crippen LogP contribution in [0.4, 0.5) is 0 Å². The van der Waals surface area contributed by atoms with E-state index in [1.165, 1.54) is 5.56 Å². The van der Waals surface area contributed by atoms with Gasteiger partial charge in [-0.2, -0.15) is 0 Å². The molecule has 1 N–H and O–H groups in total. The molecule has 18 heavy (non-hydrogen) atoms. The van der Waals surface area contributed by atoms with Gasteiger partial charge in [0.25, 0.3) is 8.53 Å². The van der Waals surface area contributed by atoms with Gasteiger partial charge in [-0.3, -0.25) is 0 Å². The Labute approximate surface area is 109 Å². The number of hydrogen-bond donors (Lipinski definition) is 1. The maximum absolute atomic E-state index is 5.82. The monoisotopic (exact) mass is 266 g/mol. The van der Waals surface area contributed by atoms with Crippen molar-refractivity contribution in [2.75, 3.05) is 32.8 Å². The third kappa shape index (κ3) is 2.90. The molecule has 0 amide bonds. The third-order valence-corrected chi connectivity index (χ3v) is 5.04. The van der Waals surface area contributed by atoms with Crippen molar-refractivity contribution < 1.29 is 9.05 Å². The molecule has 0 aromatic heterocycles. The van der Waals surface area contributed by atoms with Gasteiger partial charge in [-0.1, -0.05) is 30.3 Å². The van der Waals surface area contributed by atoms with Crippen molar-refractivity contribution in [2.24, 2.45) is 0 Å². The molecule has 0 saturated carbocycles. The van der Waals surface area contributed by atoms with Crippen LogP contribution in [0, 0.1) is 0 Å². The standard InChI is InChI=1S/C13H19N2O2P/c1-2-4-12(5-3-1)10-13-11-17-18-15(13)8-6-14-7-9-16-18/h1-5,13-14H,6-11H2/t13-,18?/m0/s1. The van der Waals surface area contributed by atoms with Crippen LogP contribution in [0.5, 0.6) is 0 Å². The van der Waals surface area contributed by atoms with E-state index in [9.17, 15) is 0 Å². The molecule has 5 heteroatoms. The lowest BCUT2D eigenvalue weighted by molar-refractivity contribution is 0.253. The Hall–Kier alpha value is -0.510. The van der Waals surface area contributed by atoms with Gasteiger partial charge >= 0.3 is 0 Å². The van der Waals surface area contributed by atoms with E-state index < -0.39 is 8.53 Å². The number of nitrogens with zero attached hydrogens (tertiary/aromatic N) is 1. The summed E-state index contributed by atoms with van der Waals surface area (Å²) in [5.41, 5.74) is 1.37. The molecule has 1 aromatic carbocycles. The zero-order chi connectivity index (χ0) is 12.2. The molecule has 2 fully saturated rings. The number of fused-ring (bicyclic) bond motifs is 1. The average Bonchev–Trinajstić information content (AvgIpc) is 2.72. The van der Waals surface area contributed by atoms with Crippen molar-refractivity contribution in [3.05, 3.63) is 35.9 Å². The highest BCUT2D eigenvalue weighted by atomic mass is 31.2. The van der Waals surface area contributed by atoms with E-state index in [0.29, 0.717) is 6.04 Å². The molecule has 0 spiro atoms. The molecule has 2 saturated heterocycles. The summed E-state index contributed by atoms with van der Waals surface area (Å²) in [6.07, 6.45) is 1.04. The molecule has 4 nitrogen and oxygen atoms in total. The Kier molecular flexibility index (Phi) is 4.24. The fourth-order valence-corrected chi connectivity index (χ4v) is 3.98. The Morgan fingerprint density at radius 1 is 1.22 bits per heavy atom. The summed E-state index contributed by atoms with van der Waals surface area (Å²) in [5, 5.41) is 3.37. The zero-order valence-electron chi connectivity index (χ0n) is 10.4. The first kappa shape index (κ1) is 12.5. The number of benzene rings is 1. The highest BCUT2D eigenvalue weighted by Gasteiger charge is 2.36. The molecule has 3 rings (SSSR count). The van der Waals surface area contributed by atoms with Crippen LogP contribution < -0.4 is 5.32 Å². The summed E-state index contributed by atoms with van der Waals surface area (Å²) in [5.74, 6) is 0. The van der Waals surface area contributed by atoms with Gasteiger partial charge < -0.3 is 14.4 Å². The fourth-order valence-electron chi connectivity index (χ4n) is 2.38. The van der Waals surface area contributed by atoms with E-state index >= 15 is 0 Å². The molecule has 2 heterocycles. The number of hydrogen-bond acceptors (Lipinski definition) is 4. The quantitative estimate of drug-likeness (QED) is 0.827. The second-order valence-corrected chi connectivity index (χ2v) is 6.13.